The zero-order valence-electron chi connectivity index (χ0n) is 12.2. The average Bonchev–Trinajstić information content (AvgIpc) is 3.03. The third-order valence-electron chi connectivity index (χ3n) is 3.54. The van der Waals surface area contributed by atoms with Gasteiger partial charge in [0.05, 0.1) is 24.0 Å². The highest BCUT2D eigenvalue weighted by molar-refractivity contribution is 8.00. The van der Waals surface area contributed by atoms with Crippen molar-refractivity contribution in [3.63, 3.8) is 0 Å². The fourth-order valence-corrected chi connectivity index (χ4v) is 4.62. The summed E-state index contributed by atoms with van der Waals surface area (Å²) in [4.78, 5) is 11.3. The Morgan fingerprint density at radius 3 is 2.32 bits per heavy atom. The minimum absolute atomic E-state index is 0.0727. The summed E-state index contributed by atoms with van der Waals surface area (Å²) in [5.41, 5.74) is 0.0727. The van der Waals surface area contributed by atoms with Crippen molar-refractivity contribution < 1.29 is 17.9 Å². The van der Waals surface area contributed by atoms with E-state index in [1.54, 1.807) is 32.5 Å². The number of sulfone groups is 1. The highest BCUT2D eigenvalue weighted by atomic mass is 32.2. The van der Waals surface area contributed by atoms with E-state index in [1.807, 2.05) is 0 Å². The van der Waals surface area contributed by atoms with E-state index in [1.165, 1.54) is 7.11 Å². The predicted octanol–water partition coefficient (Wildman–Crippen LogP) is 2.28. The monoisotopic (exact) mass is 308 g/mol. The molecule has 0 bridgehead atoms. The fraction of sp³-hybridized carbons (Fsp3) is 0.923. The van der Waals surface area contributed by atoms with Gasteiger partial charge in [-0.3, -0.25) is 4.79 Å². The van der Waals surface area contributed by atoms with Crippen LogP contribution in [0.25, 0.3) is 0 Å². The van der Waals surface area contributed by atoms with Crippen LogP contribution in [-0.2, 0) is 19.4 Å². The largest absolute Gasteiger partial charge is 0.469 e. The lowest BCUT2D eigenvalue weighted by molar-refractivity contribution is -0.141. The van der Waals surface area contributed by atoms with E-state index in [0.717, 1.165) is 18.6 Å². The number of esters is 1. The zero-order chi connectivity index (χ0) is 14.7. The summed E-state index contributed by atoms with van der Waals surface area (Å²) in [6.07, 6.45) is 2.55. The van der Waals surface area contributed by atoms with Crippen molar-refractivity contribution in [3.8, 4) is 0 Å². The van der Waals surface area contributed by atoms with Crippen LogP contribution in [0.4, 0.5) is 0 Å². The first-order chi connectivity index (χ1) is 8.62. The molecule has 0 saturated heterocycles. The lowest BCUT2D eigenvalue weighted by atomic mass is 10.1. The van der Waals surface area contributed by atoms with Gasteiger partial charge in [0.15, 0.2) is 9.84 Å². The Morgan fingerprint density at radius 2 is 1.89 bits per heavy atom. The summed E-state index contributed by atoms with van der Waals surface area (Å²) in [7, 11) is -1.63. The maximum Gasteiger partial charge on any atom is 0.306 e. The van der Waals surface area contributed by atoms with Gasteiger partial charge in [0, 0.05) is 5.75 Å². The molecule has 0 atom stereocenters. The molecule has 0 unspecified atom stereocenters. The summed E-state index contributed by atoms with van der Waals surface area (Å²) in [6, 6.07) is 0. The van der Waals surface area contributed by atoms with Crippen LogP contribution in [0, 0.1) is 5.41 Å². The molecule has 0 spiro atoms. The number of thioether (sulfide) groups is 1. The number of carbonyl (C=O) groups is 1. The second kappa shape index (κ2) is 6.04. The molecule has 0 aromatic rings. The number of methoxy groups -OCH3 is 1. The molecular weight excluding hydrogens is 284 g/mol. The van der Waals surface area contributed by atoms with Crippen molar-refractivity contribution in [2.75, 3.05) is 24.4 Å². The molecule has 1 saturated carbocycles. The standard InChI is InChI=1S/C13H24O4S2/c1-12(2,3)19(15,16)8-7-18-10-13(5-6-13)9-11(14)17-4/h5-10H2,1-4H3. The van der Waals surface area contributed by atoms with Crippen molar-refractivity contribution in [1.82, 2.24) is 0 Å². The summed E-state index contributed by atoms with van der Waals surface area (Å²) < 4.78 is 27.9. The number of carbonyl (C=O) groups excluding carboxylic acids is 1. The maximum atomic E-state index is 11.9. The Bertz CT molecular complexity index is 416. The Hall–Kier alpha value is -0.230. The molecule has 0 aromatic heterocycles. The first kappa shape index (κ1) is 16.8. The quantitative estimate of drug-likeness (QED) is 0.533. The molecule has 0 aliphatic heterocycles. The van der Waals surface area contributed by atoms with E-state index >= 15 is 0 Å². The Labute approximate surface area is 120 Å². The van der Waals surface area contributed by atoms with E-state index in [4.69, 9.17) is 0 Å². The van der Waals surface area contributed by atoms with Crippen LogP contribution >= 0.6 is 11.8 Å². The Morgan fingerprint density at radius 1 is 1.32 bits per heavy atom. The van der Waals surface area contributed by atoms with Crippen molar-refractivity contribution in [2.24, 2.45) is 5.41 Å². The van der Waals surface area contributed by atoms with Crippen LogP contribution in [-0.4, -0.2) is 43.5 Å². The molecule has 0 heterocycles. The average molecular weight is 308 g/mol. The van der Waals surface area contributed by atoms with Gasteiger partial charge in [0.25, 0.3) is 0 Å². The molecule has 1 rings (SSSR count). The lowest BCUT2D eigenvalue weighted by Crippen LogP contribution is -2.31. The second-order valence-electron chi connectivity index (χ2n) is 6.24. The van der Waals surface area contributed by atoms with E-state index in [-0.39, 0.29) is 17.1 Å². The molecule has 0 amide bonds. The highest BCUT2D eigenvalue weighted by Gasteiger charge is 2.44. The van der Waals surface area contributed by atoms with Gasteiger partial charge >= 0.3 is 5.97 Å². The van der Waals surface area contributed by atoms with Crippen LogP contribution in [0.3, 0.4) is 0 Å². The van der Waals surface area contributed by atoms with E-state index < -0.39 is 14.6 Å². The zero-order valence-corrected chi connectivity index (χ0v) is 13.8. The first-order valence-electron chi connectivity index (χ1n) is 6.49. The molecule has 0 radical (unpaired) electrons. The number of hydrogen-bond donors (Lipinski definition) is 0. The van der Waals surface area contributed by atoms with Crippen LogP contribution in [0.5, 0.6) is 0 Å². The molecule has 0 aromatic carbocycles. The molecule has 4 nitrogen and oxygen atoms in total. The van der Waals surface area contributed by atoms with Gasteiger partial charge in [0.2, 0.25) is 0 Å². The summed E-state index contributed by atoms with van der Waals surface area (Å²) >= 11 is 1.63. The van der Waals surface area contributed by atoms with Crippen LogP contribution in [0.2, 0.25) is 0 Å². The molecular formula is C13H24O4S2. The first-order valence-corrected chi connectivity index (χ1v) is 9.29. The highest BCUT2D eigenvalue weighted by Crippen LogP contribution is 2.51. The lowest BCUT2D eigenvalue weighted by Gasteiger charge is -2.19. The van der Waals surface area contributed by atoms with Gasteiger partial charge < -0.3 is 4.74 Å². The van der Waals surface area contributed by atoms with Gasteiger partial charge in [-0.25, -0.2) is 8.42 Å². The van der Waals surface area contributed by atoms with Gasteiger partial charge in [-0.15, -0.1) is 0 Å². The third-order valence-corrected chi connectivity index (χ3v) is 7.72. The van der Waals surface area contributed by atoms with Crippen molar-refractivity contribution in [3.05, 3.63) is 0 Å². The van der Waals surface area contributed by atoms with Gasteiger partial charge in [-0.05, 0) is 44.8 Å². The maximum absolute atomic E-state index is 11.9. The van der Waals surface area contributed by atoms with E-state index in [0.29, 0.717) is 12.2 Å². The van der Waals surface area contributed by atoms with Gasteiger partial charge in [0.1, 0.15) is 0 Å². The SMILES string of the molecule is COC(=O)CC1(CSCCS(=O)(=O)C(C)(C)C)CC1. The molecule has 0 N–H and O–H groups in total. The van der Waals surface area contributed by atoms with Crippen molar-refractivity contribution >= 4 is 27.6 Å². The van der Waals surface area contributed by atoms with Gasteiger partial charge in [-0.2, -0.15) is 11.8 Å². The summed E-state index contributed by atoms with van der Waals surface area (Å²) in [5, 5.41) is 0. The normalized spacial score (nSPS) is 18.1. The van der Waals surface area contributed by atoms with E-state index in [9.17, 15) is 13.2 Å². The minimum Gasteiger partial charge on any atom is -0.469 e. The Balaban J connectivity index is 2.31. The molecule has 112 valence electrons. The Kier molecular flexibility index (Phi) is 5.35. The fourth-order valence-electron chi connectivity index (χ4n) is 1.69. The van der Waals surface area contributed by atoms with Crippen molar-refractivity contribution in [1.29, 1.82) is 0 Å². The van der Waals surface area contributed by atoms with Gasteiger partial charge in [-0.1, -0.05) is 0 Å². The molecule has 1 aliphatic rings. The topological polar surface area (TPSA) is 60.4 Å². The molecule has 6 heteroatoms. The summed E-state index contributed by atoms with van der Waals surface area (Å²) in [5.74, 6) is 1.49. The number of ether oxygens (including phenoxy) is 1. The second-order valence-corrected chi connectivity index (χ2v) is 10.2. The minimum atomic E-state index is -3.04. The van der Waals surface area contributed by atoms with E-state index in [2.05, 4.69) is 4.74 Å². The van der Waals surface area contributed by atoms with Crippen LogP contribution < -0.4 is 0 Å². The van der Waals surface area contributed by atoms with Crippen LogP contribution in [0.15, 0.2) is 0 Å². The molecule has 1 fully saturated rings. The smallest absolute Gasteiger partial charge is 0.306 e. The molecule has 19 heavy (non-hydrogen) atoms. The number of hydrogen-bond acceptors (Lipinski definition) is 5. The van der Waals surface area contributed by atoms with Crippen molar-refractivity contribution in [2.45, 2.75) is 44.8 Å². The third kappa shape index (κ3) is 4.99. The predicted molar refractivity (Wildman–Crippen MR) is 79.2 cm³/mol. The summed E-state index contributed by atoms with van der Waals surface area (Å²) in [6.45, 7) is 5.19. The number of rotatable bonds is 7. The molecule has 1 aliphatic carbocycles. The van der Waals surface area contributed by atoms with Crippen LogP contribution in [0.1, 0.15) is 40.0 Å².